The van der Waals surface area contributed by atoms with E-state index in [2.05, 4.69) is 20.0 Å². The number of benzene rings is 2. The Morgan fingerprint density at radius 2 is 1.73 bits per heavy atom. The van der Waals surface area contributed by atoms with E-state index in [1.165, 1.54) is 0 Å². The maximum atomic E-state index is 6.00. The van der Waals surface area contributed by atoms with Crippen LogP contribution in [-0.4, -0.2) is 49.5 Å². The molecule has 0 unspecified atom stereocenters. The average molecular weight is 402 g/mol. The number of ether oxygens (including phenoxy) is 2. The molecule has 0 radical (unpaired) electrons. The molecule has 154 valence electrons. The Morgan fingerprint density at radius 1 is 0.933 bits per heavy atom. The second-order valence-electron chi connectivity index (χ2n) is 7.06. The van der Waals surface area contributed by atoms with Crippen molar-refractivity contribution in [3.63, 3.8) is 0 Å². The summed E-state index contributed by atoms with van der Waals surface area (Å²) in [5, 5.41) is 6.75. The van der Waals surface area contributed by atoms with Crippen molar-refractivity contribution in [1.82, 2.24) is 9.99 Å². The Kier molecular flexibility index (Phi) is 6.44. The Bertz CT molecular complexity index is 955. The van der Waals surface area contributed by atoms with E-state index in [-0.39, 0.29) is 0 Å². The summed E-state index contributed by atoms with van der Waals surface area (Å²) in [6.07, 6.45) is 3.71. The molecule has 0 saturated carbocycles. The second kappa shape index (κ2) is 9.78. The molecule has 4 rings (SSSR count). The lowest BCUT2D eigenvalue weighted by Gasteiger charge is -2.33. The van der Waals surface area contributed by atoms with Gasteiger partial charge in [-0.3, -0.25) is 5.01 Å². The van der Waals surface area contributed by atoms with E-state index in [0.29, 0.717) is 18.1 Å². The van der Waals surface area contributed by atoms with Gasteiger partial charge < -0.3 is 14.4 Å². The van der Waals surface area contributed by atoms with Crippen LogP contribution < -0.4 is 14.4 Å². The van der Waals surface area contributed by atoms with Crippen molar-refractivity contribution < 1.29 is 9.47 Å². The molecule has 0 amide bonds. The highest BCUT2D eigenvalue weighted by Gasteiger charge is 2.16. The van der Waals surface area contributed by atoms with Crippen LogP contribution in [-0.2, 0) is 6.61 Å². The molecule has 1 aromatic heterocycles. The average Bonchev–Trinajstić information content (AvgIpc) is 2.83. The van der Waals surface area contributed by atoms with Crippen molar-refractivity contribution in [2.24, 2.45) is 5.10 Å². The molecule has 0 N–H and O–H groups in total. The van der Waals surface area contributed by atoms with E-state index in [0.717, 1.165) is 43.1 Å². The summed E-state index contributed by atoms with van der Waals surface area (Å²) in [6.45, 7) is 4.03. The first kappa shape index (κ1) is 19.8. The number of methoxy groups -OCH3 is 1. The zero-order valence-electron chi connectivity index (χ0n) is 17.1. The van der Waals surface area contributed by atoms with Gasteiger partial charge in [-0.2, -0.15) is 5.10 Å². The van der Waals surface area contributed by atoms with E-state index in [9.17, 15) is 0 Å². The molecule has 1 aliphatic heterocycles. The third-order valence-electron chi connectivity index (χ3n) is 5.02. The van der Waals surface area contributed by atoms with Gasteiger partial charge >= 0.3 is 0 Å². The quantitative estimate of drug-likeness (QED) is 0.562. The van der Waals surface area contributed by atoms with Gasteiger partial charge in [0.25, 0.3) is 0 Å². The number of nitrogens with zero attached hydrogens (tertiary/aromatic N) is 4. The van der Waals surface area contributed by atoms with Gasteiger partial charge in [-0.1, -0.05) is 36.4 Å². The summed E-state index contributed by atoms with van der Waals surface area (Å²) >= 11 is 0. The minimum Gasteiger partial charge on any atom is -0.493 e. The summed E-state index contributed by atoms with van der Waals surface area (Å²) in [4.78, 5) is 6.72. The first-order chi connectivity index (χ1) is 14.8. The third-order valence-corrected chi connectivity index (χ3v) is 5.02. The van der Waals surface area contributed by atoms with Crippen molar-refractivity contribution in [2.45, 2.75) is 6.61 Å². The number of anilines is 1. The van der Waals surface area contributed by atoms with E-state index in [4.69, 9.17) is 9.47 Å². The minimum absolute atomic E-state index is 0.493. The summed E-state index contributed by atoms with van der Waals surface area (Å²) in [5.74, 6) is 2.45. The lowest BCUT2D eigenvalue weighted by molar-refractivity contribution is 0.271. The molecule has 2 heterocycles. The lowest BCUT2D eigenvalue weighted by atomic mass is 10.2. The molecule has 1 aliphatic rings. The third kappa shape index (κ3) is 5.08. The molecule has 6 nitrogen and oxygen atoms in total. The highest BCUT2D eigenvalue weighted by molar-refractivity contribution is 5.80. The van der Waals surface area contributed by atoms with Gasteiger partial charge in [0, 0.05) is 19.3 Å². The number of pyridine rings is 1. The van der Waals surface area contributed by atoms with Crippen LogP contribution in [0.1, 0.15) is 11.1 Å². The molecule has 2 aromatic carbocycles. The maximum Gasteiger partial charge on any atom is 0.162 e. The number of aromatic nitrogens is 1. The molecular weight excluding hydrogens is 376 g/mol. The monoisotopic (exact) mass is 402 g/mol. The Hall–Kier alpha value is -3.54. The number of hydrogen-bond donors (Lipinski definition) is 0. The molecule has 0 aliphatic carbocycles. The smallest absolute Gasteiger partial charge is 0.162 e. The molecule has 6 heteroatoms. The van der Waals surface area contributed by atoms with Gasteiger partial charge in [0.05, 0.1) is 26.4 Å². The minimum atomic E-state index is 0.493. The van der Waals surface area contributed by atoms with E-state index < -0.39 is 0 Å². The first-order valence-electron chi connectivity index (χ1n) is 10.1. The molecule has 1 saturated heterocycles. The van der Waals surface area contributed by atoms with E-state index >= 15 is 0 Å². The van der Waals surface area contributed by atoms with Crippen molar-refractivity contribution in [3.8, 4) is 11.5 Å². The fourth-order valence-electron chi connectivity index (χ4n) is 3.35. The summed E-state index contributed by atoms with van der Waals surface area (Å²) in [5.41, 5.74) is 2.09. The molecule has 30 heavy (non-hydrogen) atoms. The predicted octanol–water partition coefficient (Wildman–Crippen LogP) is 3.83. The first-order valence-corrected chi connectivity index (χ1v) is 10.1. The summed E-state index contributed by atoms with van der Waals surface area (Å²) in [6, 6.07) is 22.0. The number of piperazine rings is 1. The largest absolute Gasteiger partial charge is 0.493 e. The summed E-state index contributed by atoms with van der Waals surface area (Å²) < 4.78 is 11.4. The van der Waals surface area contributed by atoms with Crippen molar-refractivity contribution >= 4 is 12.0 Å². The van der Waals surface area contributed by atoms with Crippen molar-refractivity contribution in [1.29, 1.82) is 0 Å². The molecule has 0 atom stereocenters. The zero-order chi connectivity index (χ0) is 20.6. The van der Waals surface area contributed by atoms with Crippen molar-refractivity contribution in [3.05, 3.63) is 84.1 Å². The van der Waals surface area contributed by atoms with Gasteiger partial charge in [0.1, 0.15) is 12.4 Å². The van der Waals surface area contributed by atoms with Crippen LogP contribution in [0.2, 0.25) is 0 Å². The van der Waals surface area contributed by atoms with Gasteiger partial charge in [-0.15, -0.1) is 0 Å². The van der Waals surface area contributed by atoms with Crippen LogP contribution in [0, 0.1) is 0 Å². The standard InChI is InChI=1S/C24H26N4O2/c1-29-22-11-10-21(17-23(22)30-19-20-7-3-2-4-8-20)18-26-28-15-13-27(14-16-28)24-9-5-6-12-25-24/h2-12,17-18H,13-16,19H2,1H3/b26-18+. The Balaban J connectivity index is 1.36. The number of hydrazone groups is 1. The topological polar surface area (TPSA) is 50.2 Å². The Morgan fingerprint density at radius 3 is 2.47 bits per heavy atom. The highest BCUT2D eigenvalue weighted by atomic mass is 16.5. The number of hydrogen-bond acceptors (Lipinski definition) is 6. The maximum absolute atomic E-state index is 6.00. The van der Waals surface area contributed by atoms with Crippen LogP contribution in [0.25, 0.3) is 0 Å². The Labute approximate surface area is 177 Å². The van der Waals surface area contributed by atoms with Crippen molar-refractivity contribution in [2.75, 3.05) is 38.2 Å². The fraction of sp³-hybridized carbons (Fsp3) is 0.250. The zero-order valence-corrected chi connectivity index (χ0v) is 17.1. The van der Waals surface area contributed by atoms with Crippen LogP contribution in [0.5, 0.6) is 11.5 Å². The van der Waals surface area contributed by atoms with E-state index in [1.54, 1.807) is 7.11 Å². The summed E-state index contributed by atoms with van der Waals surface area (Å²) in [7, 11) is 1.65. The van der Waals surface area contributed by atoms with Crippen LogP contribution in [0.4, 0.5) is 5.82 Å². The van der Waals surface area contributed by atoms with Crippen LogP contribution in [0.3, 0.4) is 0 Å². The normalized spacial score (nSPS) is 14.2. The van der Waals surface area contributed by atoms with Crippen LogP contribution >= 0.6 is 0 Å². The highest BCUT2D eigenvalue weighted by Crippen LogP contribution is 2.28. The number of rotatable bonds is 7. The molecule has 0 bridgehead atoms. The molecule has 3 aromatic rings. The molecular formula is C24H26N4O2. The predicted molar refractivity (Wildman–Crippen MR) is 119 cm³/mol. The van der Waals surface area contributed by atoms with E-state index in [1.807, 2.05) is 79.1 Å². The van der Waals surface area contributed by atoms with Gasteiger partial charge in [-0.25, -0.2) is 4.98 Å². The fourth-order valence-corrected chi connectivity index (χ4v) is 3.35. The van der Waals surface area contributed by atoms with Crippen LogP contribution in [0.15, 0.2) is 78.0 Å². The van der Waals surface area contributed by atoms with Gasteiger partial charge in [0.2, 0.25) is 0 Å². The second-order valence-corrected chi connectivity index (χ2v) is 7.06. The SMILES string of the molecule is COc1ccc(/C=N/N2CCN(c3ccccn3)CC2)cc1OCc1ccccc1. The van der Waals surface area contributed by atoms with Gasteiger partial charge in [-0.05, 0) is 41.5 Å². The molecule has 1 fully saturated rings. The van der Waals surface area contributed by atoms with Gasteiger partial charge in [0.15, 0.2) is 11.5 Å². The lowest BCUT2D eigenvalue weighted by Crippen LogP contribution is -2.44. The molecule has 0 spiro atoms.